The number of nitrogens with two attached hydrogens (primary N) is 1. The summed E-state index contributed by atoms with van der Waals surface area (Å²) in [6, 6.07) is 2.01. The second kappa shape index (κ2) is 3.23. The number of thiophene rings is 1. The lowest BCUT2D eigenvalue weighted by atomic mass is 10.1. The van der Waals surface area contributed by atoms with Crippen molar-refractivity contribution in [2.45, 2.75) is 19.4 Å². The Balaban J connectivity index is 2.92. The molecule has 0 aliphatic heterocycles. The fourth-order valence-electron chi connectivity index (χ4n) is 0.687. The van der Waals surface area contributed by atoms with E-state index in [9.17, 15) is 0 Å². The molecule has 0 aromatic carbocycles. The van der Waals surface area contributed by atoms with E-state index in [2.05, 4.69) is 15.9 Å². The van der Waals surface area contributed by atoms with Crippen molar-refractivity contribution in [2.75, 3.05) is 0 Å². The Morgan fingerprint density at radius 1 is 1.64 bits per heavy atom. The van der Waals surface area contributed by atoms with Crippen LogP contribution in [0.1, 0.15) is 18.7 Å². The molecule has 1 aromatic rings. The fourth-order valence-corrected chi connectivity index (χ4v) is 2.18. The third-order valence-corrected chi connectivity index (χ3v) is 3.45. The standard InChI is InChI=1S/C7H10BrNOS/c1-7(2,10-9)6-3-5(8)4-11-6/h3-4H,9H2,1-2H3. The Labute approximate surface area is 78.4 Å². The van der Waals surface area contributed by atoms with Crippen LogP contribution < -0.4 is 5.90 Å². The van der Waals surface area contributed by atoms with Gasteiger partial charge >= 0.3 is 0 Å². The van der Waals surface area contributed by atoms with Crippen molar-refractivity contribution in [1.82, 2.24) is 0 Å². The van der Waals surface area contributed by atoms with Crippen molar-refractivity contribution in [3.63, 3.8) is 0 Å². The van der Waals surface area contributed by atoms with E-state index < -0.39 is 0 Å². The second-order valence-electron chi connectivity index (χ2n) is 2.76. The highest BCUT2D eigenvalue weighted by Crippen LogP contribution is 2.30. The zero-order valence-corrected chi connectivity index (χ0v) is 8.83. The van der Waals surface area contributed by atoms with Crippen LogP contribution in [-0.2, 0) is 10.4 Å². The average Bonchev–Trinajstić information content (AvgIpc) is 2.36. The van der Waals surface area contributed by atoms with Crippen molar-refractivity contribution in [2.24, 2.45) is 5.90 Å². The lowest BCUT2D eigenvalue weighted by molar-refractivity contribution is -0.0208. The number of hydrogen-bond acceptors (Lipinski definition) is 3. The maximum Gasteiger partial charge on any atom is 0.118 e. The van der Waals surface area contributed by atoms with Crippen molar-refractivity contribution >= 4 is 27.3 Å². The van der Waals surface area contributed by atoms with E-state index >= 15 is 0 Å². The summed E-state index contributed by atoms with van der Waals surface area (Å²) in [6.45, 7) is 3.87. The van der Waals surface area contributed by atoms with E-state index in [4.69, 9.17) is 10.7 Å². The van der Waals surface area contributed by atoms with E-state index in [1.54, 1.807) is 11.3 Å². The van der Waals surface area contributed by atoms with Crippen LogP contribution in [0.15, 0.2) is 15.9 Å². The molecule has 1 heterocycles. The SMILES string of the molecule is CC(C)(ON)c1cc(Br)cs1. The van der Waals surface area contributed by atoms with Gasteiger partial charge < -0.3 is 0 Å². The molecule has 0 bridgehead atoms. The summed E-state index contributed by atoms with van der Waals surface area (Å²) >= 11 is 5.00. The Kier molecular flexibility index (Phi) is 2.70. The van der Waals surface area contributed by atoms with Crippen LogP contribution in [-0.4, -0.2) is 0 Å². The Morgan fingerprint density at radius 3 is 2.64 bits per heavy atom. The molecule has 0 aliphatic rings. The summed E-state index contributed by atoms with van der Waals surface area (Å²) in [5.74, 6) is 5.14. The molecule has 11 heavy (non-hydrogen) atoms. The second-order valence-corrected chi connectivity index (χ2v) is 4.58. The summed E-state index contributed by atoms with van der Waals surface area (Å²) in [4.78, 5) is 5.94. The third-order valence-electron chi connectivity index (χ3n) is 1.46. The highest BCUT2D eigenvalue weighted by atomic mass is 79.9. The minimum Gasteiger partial charge on any atom is -0.293 e. The van der Waals surface area contributed by atoms with Gasteiger partial charge in [0.25, 0.3) is 0 Å². The fraction of sp³-hybridized carbons (Fsp3) is 0.429. The highest BCUT2D eigenvalue weighted by Gasteiger charge is 2.21. The van der Waals surface area contributed by atoms with Crippen molar-refractivity contribution in [3.8, 4) is 0 Å². The number of hydrogen-bond donors (Lipinski definition) is 1. The van der Waals surface area contributed by atoms with E-state index in [-0.39, 0.29) is 5.60 Å². The van der Waals surface area contributed by atoms with Crippen molar-refractivity contribution in [3.05, 3.63) is 20.8 Å². The van der Waals surface area contributed by atoms with Crippen LogP contribution in [0.25, 0.3) is 0 Å². The first-order chi connectivity index (χ1) is 5.06. The third kappa shape index (κ3) is 2.02. The van der Waals surface area contributed by atoms with Crippen LogP contribution in [0.2, 0.25) is 0 Å². The Morgan fingerprint density at radius 2 is 2.27 bits per heavy atom. The first kappa shape index (κ1) is 9.19. The van der Waals surface area contributed by atoms with Gasteiger partial charge in [0.05, 0.1) is 0 Å². The Bertz CT molecular complexity index is 246. The Hall–Kier alpha value is 0.1000. The zero-order valence-electron chi connectivity index (χ0n) is 6.43. The van der Waals surface area contributed by atoms with E-state index in [1.165, 1.54) is 0 Å². The lowest BCUT2D eigenvalue weighted by Crippen LogP contribution is -2.23. The molecule has 4 heteroatoms. The van der Waals surface area contributed by atoms with Gasteiger partial charge in [0.15, 0.2) is 0 Å². The maximum absolute atomic E-state index is 5.14. The molecular weight excluding hydrogens is 226 g/mol. The van der Waals surface area contributed by atoms with Crippen LogP contribution in [0.5, 0.6) is 0 Å². The minimum absolute atomic E-state index is 0.378. The smallest absolute Gasteiger partial charge is 0.118 e. The van der Waals surface area contributed by atoms with Crippen LogP contribution in [0.3, 0.4) is 0 Å². The van der Waals surface area contributed by atoms with E-state index in [0.717, 1.165) is 9.35 Å². The maximum atomic E-state index is 5.14. The number of halogens is 1. The quantitative estimate of drug-likeness (QED) is 0.801. The van der Waals surface area contributed by atoms with Gasteiger partial charge in [0.2, 0.25) is 0 Å². The lowest BCUT2D eigenvalue weighted by Gasteiger charge is -2.19. The summed E-state index contributed by atoms with van der Waals surface area (Å²) in [5.41, 5.74) is -0.378. The summed E-state index contributed by atoms with van der Waals surface area (Å²) in [6.07, 6.45) is 0. The largest absolute Gasteiger partial charge is 0.293 e. The molecule has 0 aliphatic carbocycles. The van der Waals surface area contributed by atoms with Crippen LogP contribution >= 0.6 is 27.3 Å². The van der Waals surface area contributed by atoms with E-state index in [0.29, 0.717) is 0 Å². The first-order valence-electron chi connectivity index (χ1n) is 3.18. The minimum atomic E-state index is -0.378. The molecule has 2 nitrogen and oxygen atoms in total. The van der Waals surface area contributed by atoms with Crippen molar-refractivity contribution < 1.29 is 4.84 Å². The monoisotopic (exact) mass is 235 g/mol. The molecule has 0 radical (unpaired) electrons. The first-order valence-corrected chi connectivity index (χ1v) is 4.86. The molecule has 1 aromatic heterocycles. The molecule has 0 unspecified atom stereocenters. The normalized spacial score (nSPS) is 12.0. The molecule has 0 atom stereocenters. The number of rotatable bonds is 2. The van der Waals surface area contributed by atoms with Gasteiger partial charge in [-0.1, -0.05) is 0 Å². The van der Waals surface area contributed by atoms with Gasteiger partial charge in [-0.15, -0.1) is 11.3 Å². The average molecular weight is 236 g/mol. The molecule has 0 fully saturated rings. The van der Waals surface area contributed by atoms with Crippen molar-refractivity contribution in [1.29, 1.82) is 0 Å². The summed E-state index contributed by atoms with van der Waals surface area (Å²) in [7, 11) is 0. The zero-order chi connectivity index (χ0) is 8.48. The molecule has 2 N–H and O–H groups in total. The highest BCUT2D eigenvalue weighted by molar-refractivity contribution is 9.10. The predicted octanol–water partition coefficient (Wildman–Crippen LogP) is 2.64. The molecule has 0 saturated heterocycles. The van der Waals surface area contributed by atoms with Gasteiger partial charge in [-0.2, -0.15) is 0 Å². The molecule has 0 amide bonds. The summed E-state index contributed by atoms with van der Waals surface area (Å²) in [5, 5.41) is 2.01. The summed E-state index contributed by atoms with van der Waals surface area (Å²) < 4.78 is 1.07. The molecular formula is C7H10BrNOS. The molecule has 62 valence electrons. The van der Waals surface area contributed by atoms with Crippen LogP contribution in [0.4, 0.5) is 0 Å². The van der Waals surface area contributed by atoms with E-state index in [1.807, 2.05) is 25.3 Å². The molecule has 1 rings (SSSR count). The predicted molar refractivity (Wildman–Crippen MR) is 50.3 cm³/mol. The van der Waals surface area contributed by atoms with Gasteiger partial charge in [-0.05, 0) is 35.8 Å². The van der Waals surface area contributed by atoms with Gasteiger partial charge in [-0.25, -0.2) is 5.90 Å². The topological polar surface area (TPSA) is 35.2 Å². The molecule has 0 saturated carbocycles. The van der Waals surface area contributed by atoms with Crippen LogP contribution in [0, 0.1) is 0 Å². The van der Waals surface area contributed by atoms with Gasteiger partial charge in [-0.3, -0.25) is 4.84 Å². The van der Waals surface area contributed by atoms with Gasteiger partial charge in [0.1, 0.15) is 5.60 Å². The van der Waals surface area contributed by atoms with Gasteiger partial charge in [0, 0.05) is 14.7 Å². The molecule has 0 spiro atoms.